The van der Waals surface area contributed by atoms with Crippen LogP contribution >= 0.6 is 0 Å². The summed E-state index contributed by atoms with van der Waals surface area (Å²) in [6.45, 7) is 2.15. The van der Waals surface area contributed by atoms with Gasteiger partial charge in [-0.2, -0.15) is 10.1 Å². The number of hydrogen-bond donors (Lipinski definition) is 1. The van der Waals surface area contributed by atoms with E-state index in [1.54, 1.807) is 18.9 Å². The maximum atomic E-state index is 11.8. The standard InChI is InChI=1S/C10H14N6O2/c1-7-13-9(18-15-7)3-4-10(17)16(2)5-8-11-6-12-14-8/h6H,3-5H2,1-2H3,(H,11,12,14). The molecule has 0 saturated heterocycles. The molecule has 2 heterocycles. The second-order valence-electron chi connectivity index (χ2n) is 3.92. The summed E-state index contributed by atoms with van der Waals surface area (Å²) < 4.78 is 4.94. The van der Waals surface area contributed by atoms with Crippen LogP contribution in [0.4, 0.5) is 0 Å². The summed E-state index contributed by atoms with van der Waals surface area (Å²) >= 11 is 0. The number of aromatic nitrogens is 5. The summed E-state index contributed by atoms with van der Waals surface area (Å²) in [5.41, 5.74) is 0. The first-order chi connectivity index (χ1) is 8.65. The number of nitrogens with zero attached hydrogens (tertiary/aromatic N) is 5. The number of nitrogens with one attached hydrogen (secondary N) is 1. The zero-order chi connectivity index (χ0) is 13.0. The SMILES string of the molecule is Cc1noc(CCC(=O)N(C)Cc2ncn[nH]2)n1. The molecule has 0 fully saturated rings. The predicted octanol–water partition coefficient (Wildman–Crippen LogP) is 0.0873. The van der Waals surface area contributed by atoms with E-state index in [9.17, 15) is 4.79 Å². The first kappa shape index (κ1) is 12.2. The molecule has 0 saturated carbocycles. The number of H-pyrrole nitrogens is 1. The van der Waals surface area contributed by atoms with Crippen LogP contribution in [0.1, 0.15) is 24.0 Å². The van der Waals surface area contributed by atoms with Crippen LogP contribution in [0.5, 0.6) is 0 Å². The predicted molar refractivity (Wildman–Crippen MR) is 60.2 cm³/mol. The van der Waals surface area contributed by atoms with Gasteiger partial charge in [0, 0.05) is 19.9 Å². The van der Waals surface area contributed by atoms with Crippen LogP contribution in [0.2, 0.25) is 0 Å². The highest BCUT2D eigenvalue weighted by Crippen LogP contribution is 2.03. The van der Waals surface area contributed by atoms with Gasteiger partial charge in [-0.25, -0.2) is 4.98 Å². The van der Waals surface area contributed by atoms with E-state index >= 15 is 0 Å². The molecule has 18 heavy (non-hydrogen) atoms. The Bertz CT molecular complexity index is 506. The van der Waals surface area contributed by atoms with E-state index in [1.807, 2.05) is 0 Å². The maximum Gasteiger partial charge on any atom is 0.227 e. The quantitative estimate of drug-likeness (QED) is 0.806. The van der Waals surface area contributed by atoms with Gasteiger partial charge in [0.15, 0.2) is 5.82 Å². The van der Waals surface area contributed by atoms with Gasteiger partial charge in [0.05, 0.1) is 6.54 Å². The lowest BCUT2D eigenvalue weighted by atomic mass is 10.3. The summed E-state index contributed by atoms with van der Waals surface area (Å²) in [4.78, 5) is 21.4. The smallest absolute Gasteiger partial charge is 0.227 e. The highest BCUT2D eigenvalue weighted by atomic mass is 16.5. The first-order valence-electron chi connectivity index (χ1n) is 5.52. The minimum atomic E-state index is -0.0118. The number of aromatic amines is 1. The molecule has 2 aromatic heterocycles. The molecule has 0 spiro atoms. The largest absolute Gasteiger partial charge is 0.339 e. The van der Waals surface area contributed by atoms with Crippen molar-refractivity contribution < 1.29 is 9.32 Å². The molecule has 0 aliphatic rings. The average Bonchev–Trinajstić information content (AvgIpc) is 2.97. The maximum absolute atomic E-state index is 11.8. The fourth-order valence-electron chi connectivity index (χ4n) is 1.47. The van der Waals surface area contributed by atoms with Gasteiger partial charge in [-0.1, -0.05) is 5.16 Å². The lowest BCUT2D eigenvalue weighted by Crippen LogP contribution is -2.26. The Morgan fingerprint density at radius 2 is 2.39 bits per heavy atom. The first-order valence-corrected chi connectivity index (χ1v) is 5.52. The molecule has 0 bridgehead atoms. The number of amides is 1. The van der Waals surface area contributed by atoms with E-state index in [2.05, 4.69) is 25.3 Å². The Balaban J connectivity index is 1.80. The second kappa shape index (κ2) is 5.39. The van der Waals surface area contributed by atoms with Gasteiger partial charge in [0.1, 0.15) is 12.2 Å². The highest BCUT2D eigenvalue weighted by molar-refractivity contribution is 5.75. The Hall–Kier alpha value is -2.25. The molecule has 8 heteroatoms. The molecule has 2 rings (SSSR count). The van der Waals surface area contributed by atoms with Crippen LogP contribution in [0.25, 0.3) is 0 Å². The van der Waals surface area contributed by atoms with Crippen molar-refractivity contribution in [3.63, 3.8) is 0 Å². The summed E-state index contributed by atoms with van der Waals surface area (Å²) in [5.74, 6) is 1.70. The molecule has 0 aromatic carbocycles. The van der Waals surface area contributed by atoms with Crippen molar-refractivity contribution in [3.8, 4) is 0 Å². The van der Waals surface area contributed by atoms with Crippen molar-refractivity contribution >= 4 is 5.91 Å². The van der Waals surface area contributed by atoms with Gasteiger partial charge in [-0.3, -0.25) is 9.89 Å². The fraction of sp³-hybridized carbons (Fsp3) is 0.500. The van der Waals surface area contributed by atoms with Gasteiger partial charge in [-0.05, 0) is 6.92 Å². The molecule has 0 aliphatic heterocycles. The third-order valence-electron chi connectivity index (χ3n) is 2.40. The molecule has 1 amide bonds. The third-order valence-corrected chi connectivity index (χ3v) is 2.40. The van der Waals surface area contributed by atoms with Crippen LogP contribution in [0.15, 0.2) is 10.9 Å². The van der Waals surface area contributed by atoms with Crippen LogP contribution < -0.4 is 0 Å². The Kier molecular flexibility index (Phi) is 3.66. The van der Waals surface area contributed by atoms with Crippen molar-refractivity contribution in [3.05, 3.63) is 23.9 Å². The van der Waals surface area contributed by atoms with Crippen molar-refractivity contribution in [2.45, 2.75) is 26.3 Å². The van der Waals surface area contributed by atoms with E-state index in [-0.39, 0.29) is 5.91 Å². The molecule has 8 nitrogen and oxygen atoms in total. The summed E-state index contributed by atoms with van der Waals surface area (Å²) in [5, 5.41) is 10.1. The Morgan fingerprint density at radius 1 is 1.56 bits per heavy atom. The topological polar surface area (TPSA) is 101 Å². The van der Waals surface area contributed by atoms with Gasteiger partial charge in [-0.15, -0.1) is 0 Å². The van der Waals surface area contributed by atoms with Crippen LogP contribution in [0, 0.1) is 6.92 Å². The van der Waals surface area contributed by atoms with Gasteiger partial charge < -0.3 is 9.42 Å². The number of carbonyl (C=O) groups excluding carboxylic acids is 1. The average molecular weight is 250 g/mol. The van der Waals surface area contributed by atoms with E-state index in [0.717, 1.165) is 0 Å². The Morgan fingerprint density at radius 3 is 3.00 bits per heavy atom. The van der Waals surface area contributed by atoms with Crippen molar-refractivity contribution in [2.24, 2.45) is 0 Å². The number of rotatable bonds is 5. The van der Waals surface area contributed by atoms with Gasteiger partial charge in [0.2, 0.25) is 11.8 Å². The number of hydrogen-bond acceptors (Lipinski definition) is 6. The summed E-state index contributed by atoms with van der Waals surface area (Å²) in [6.07, 6.45) is 2.18. The van der Waals surface area contributed by atoms with Crippen LogP contribution in [0.3, 0.4) is 0 Å². The van der Waals surface area contributed by atoms with E-state index in [0.29, 0.717) is 36.9 Å². The van der Waals surface area contributed by atoms with Gasteiger partial charge in [0.25, 0.3) is 0 Å². The molecule has 1 N–H and O–H groups in total. The third kappa shape index (κ3) is 3.12. The summed E-state index contributed by atoms with van der Waals surface area (Å²) in [6, 6.07) is 0. The molecule has 0 aliphatic carbocycles. The molecule has 96 valence electrons. The van der Waals surface area contributed by atoms with Crippen molar-refractivity contribution in [1.29, 1.82) is 0 Å². The lowest BCUT2D eigenvalue weighted by molar-refractivity contribution is -0.130. The monoisotopic (exact) mass is 250 g/mol. The second-order valence-corrected chi connectivity index (χ2v) is 3.92. The highest BCUT2D eigenvalue weighted by Gasteiger charge is 2.12. The minimum absolute atomic E-state index is 0.0118. The Labute approximate surface area is 103 Å². The normalized spacial score (nSPS) is 10.6. The zero-order valence-electron chi connectivity index (χ0n) is 10.3. The molecule has 0 radical (unpaired) electrons. The zero-order valence-corrected chi connectivity index (χ0v) is 10.3. The molecule has 0 atom stereocenters. The molecule has 2 aromatic rings. The van der Waals surface area contributed by atoms with E-state index in [1.165, 1.54) is 6.33 Å². The fourth-order valence-corrected chi connectivity index (χ4v) is 1.47. The number of carbonyl (C=O) groups is 1. The van der Waals surface area contributed by atoms with Crippen molar-refractivity contribution in [2.75, 3.05) is 7.05 Å². The van der Waals surface area contributed by atoms with E-state index < -0.39 is 0 Å². The van der Waals surface area contributed by atoms with Gasteiger partial charge >= 0.3 is 0 Å². The van der Waals surface area contributed by atoms with Crippen molar-refractivity contribution in [1.82, 2.24) is 30.2 Å². The lowest BCUT2D eigenvalue weighted by Gasteiger charge is -2.14. The van der Waals surface area contributed by atoms with Crippen LogP contribution in [-0.4, -0.2) is 43.2 Å². The molecular weight excluding hydrogens is 236 g/mol. The van der Waals surface area contributed by atoms with E-state index in [4.69, 9.17) is 4.52 Å². The number of aryl methyl sites for hydroxylation is 2. The minimum Gasteiger partial charge on any atom is -0.339 e. The summed E-state index contributed by atoms with van der Waals surface area (Å²) in [7, 11) is 1.71. The molecular formula is C10H14N6O2. The molecule has 0 unspecified atom stereocenters. The van der Waals surface area contributed by atoms with Crippen LogP contribution in [-0.2, 0) is 17.8 Å².